The van der Waals surface area contributed by atoms with Crippen molar-refractivity contribution in [3.8, 4) is 5.75 Å². The number of hydrogen-bond donors (Lipinski definition) is 1. The van der Waals surface area contributed by atoms with Gasteiger partial charge in [-0.2, -0.15) is 0 Å². The molecule has 0 unspecified atom stereocenters. The lowest BCUT2D eigenvalue weighted by atomic mass is 10.2. The number of non-ortho nitro benzene ring substituents is 1. The van der Waals surface area contributed by atoms with Crippen molar-refractivity contribution in [3.63, 3.8) is 0 Å². The van der Waals surface area contributed by atoms with Crippen molar-refractivity contribution in [2.75, 3.05) is 13.7 Å². The van der Waals surface area contributed by atoms with Crippen molar-refractivity contribution in [3.05, 3.63) is 38.3 Å². The summed E-state index contributed by atoms with van der Waals surface area (Å²) >= 11 is 0. The molecule has 0 bridgehead atoms. The van der Waals surface area contributed by atoms with Gasteiger partial charge in [0.2, 0.25) is 5.69 Å². The molecule has 9 nitrogen and oxygen atoms in total. The first kappa shape index (κ1) is 14.4. The Labute approximate surface area is 117 Å². The van der Waals surface area contributed by atoms with Crippen LogP contribution in [0.5, 0.6) is 5.75 Å². The van der Waals surface area contributed by atoms with Gasteiger partial charge in [-0.1, -0.05) is 0 Å². The quantitative estimate of drug-likeness (QED) is 0.506. The molecule has 1 aromatic carbocycles. The lowest BCUT2D eigenvalue weighted by molar-refractivity contribution is -0.383. The molecule has 0 spiro atoms. The van der Waals surface area contributed by atoms with Crippen LogP contribution in [0.15, 0.2) is 16.9 Å². The maximum absolute atomic E-state index is 11.8. The van der Waals surface area contributed by atoms with Gasteiger partial charge in [-0.15, -0.1) is 0 Å². The van der Waals surface area contributed by atoms with E-state index in [-0.39, 0.29) is 29.1 Å². The fourth-order valence-electron chi connectivity index (χ4n) is 1.75. The minimum atomic E-state index is -0.939. The molecule has 0 fully saturated rings. The summed E-state index contributed by atoms with van der Waals surface area (Å²) in [7, 11) is 1.34. The van der Waals surface area contributed by atoms with Gasteiger partial charge in [-0.25, -0.2) is 9.78 Å². The number of methoxy groups -OCH3 is 1. The van der Waals surface area contributed by atoms with Gasteiger partial charge in [0.1, 0.15) is 5.75 Å². The van der Waals surface area contributed by atoms with Gasteiger partial charge < -0.3 is 14.5 Å². The summed E-state index contributed by atoms with van der Waals surface area (Å²) in [5.74, 6) is -0.749. The van der Waals surface area contributed by atoms with Crippen LogP contribution in [0.1, 0.15) is 17.4 Å². The molecule has 0 aliphatic heterocycles. The zero-order valence-electron chi connectivity index (χ0n) is 11.2. The minimum Gasteiger partial charge on any atom is -0.496 e. The average Bonchev–Trinajstić information content (AvgIpc) is 2.45. The molecule has 0 radical (unpaired) electrons. The fourth-order valence-corrected chi connectivity index (χ4v) is 1.75. The van der Waals surface area contributed by atoms with Gasteiger partial charge in [-0.05, 0) is 6.92 Å². The van der Waals surface area contributed by atoms with Crippen molar-refractivity contribution in [1.82, 2.24) is 9.97 Å². The number of H-pyrrole nitrogens is 1. The zero-order chi connectivity index (χ0) is 15.6. The number of rotatable bonds is 4. The fraction of sp³-hybridized carbons (Fsp3) is 0.250. The molecule has 21 heavy (non-hydrogen) atoms. The third-order valence-corrected chi connectivity index (χ3v) is 2.65. The number of hydrogen-bond acceptors (Lipinski definition) is 7. The van der Waals surface area contributed by atoms with Gasteiger partial charge in [0.05, 0.1) is 30.2 Å². The van der Waals surface area contributed by atoms with Crippen molar-refractivity contribution in [2.45, 2.75) is 6.92 Å². The SMILES string of the molecule is CCOC(=O)c1nc2c([N+](=O)[O-])cc(OC)cc2[nH]c1=O. The summed E-state index contributed by atoms with van der Waals surface area (Å²) in [5.41, 5.74) is -1.73. The van der Waals surface area contributed by atoms with Gasteiger partial charge >= 0.3 is 11.7 Å². The number of esters is 1. The average molecular weight is 293 g/mol. The molecule has 2 aromatic rings. The van der Waals surface area contributed by atoms with Crippen molar-refractivity contribution < 1.29 is 19.2 Å². The lowest BCUT2D eigenvalue weighted by Crippen LogP contribution is -2.22. The highest BCUT2D eigenvalue weighted by Crippen LogP contribution is 2.27. The lowest BCUT2D eigenvalue weighted by Gasteiger charge is -2.05. The number of aromatic amines is 1. The van der Waals surface area contributed by atoms with Gasteiger partial charge in [0.15, 0.2) is 5.52 Å². The van der Waals surface area contributed by atoms with E-state index in [2.05, 4.69) is 14.7 Å². The van der Waals surface area contributed by atoms with Crippen LogP contribution < -0.4 is 10.3 Å². The second kappa shape index (κ2) is 5.57. The highest BCUT2D eigenvalue weighted by molar-refractivity contribution is 5.92. The van der Waals surface area contributed by atoms with Gasteiger partial charge in [-0.3, -0.25) is 14.9 Å². The number of fused-ring (bicyclic) bond motifs is 1. The number of nitro groups is 1. The monoisotopic (exact) mass is 293 g/mol. The normalized spacial score (nSPS) is 10.4. The van der Waals surface area contributed by atoms with E-state index in [0.717, 1.165) is 6.07 Å². The van der Waals surface area contributed by atoms with Crippen LogP contribution in [0.3, 0.4) is 0 Å². The number of ether oxygens (including phenoxy) is 2. The first-order chi connectivity index (χ1) is 9.97. The molecule has 0 aliphatic carbocycles. The van der Waals surface area contributed by atoms with E-state index in [9.17, 15) is 19.7 Å². The Morgan fingerprint density at radius 3 is 2.76 bits per heavy atom. The smallest absolute Gasteiger partial charge is 0.362 e. The standard InChI is InChI=1S/C12H11N3O6/c1-3-21-12(17)10-11(16)13-7-4-6(20-2)5-8(15(18)19)9(7)14-10/h4-5H,3H2,1-2H3,(H,13,16). The summed E-state index contributed by atoms with van der Waals surface area (Å²) < 4.78 is 9.61. The third kappa shape index (κ3) is 2.66. The summed E-state index contributed by atoms with van der Waals surface area (Å²) in [6.07, 6.45) is 0. The van der Waals surface area contributed by atoms with E-state index >= 15 is 0 Å². The first-order valence-corrected chi connectivity index (χ1v) is 5.91. The molecule has 9 heteroatoms. The number of nitrogens with one attached hydrogen (secondary N) is 1. The topological polar surface area (TPSA) is 124 Å². The predicted molar refractivity (Wildman–Crippen MR) is 71.5 cm³/mol. The molecule has 0 atom stereocenters. The van der Waals surface area contributed by atoms with Crippen LogP contribution >= 0.6 is 0 Å². The summed E-state index contributed by atoms with van der Waals surface area (Å²) in [5, 5.41) is 11.1. The number of carbonyl (C=O) groups excluding carboxylic acids is 1. The second-order valence-corrected chi connectivity index (χ2v) is 3.93. The van der Waals surface area contributed by atoms with E-state index < -0.39 is 22.1 Å². The highest BCUT2D eigenvalue weighted by Gasteiger charge is 2.21. The van der Waals surface area contributed by atoms with Gasteiger partial charge in [0, 0.05) is 6.07 Å². The van der Waals surface area contributed by atoms with E-state index in [1.165, 1.54) is 13.2 Å². The van der Waals surface area contributed by atoms with Crippen molar-refractivity contribution in [1.29, 1.82) is 0 Å². The maximum atomic E-state index is 11.8. The Kier molecular flexibility index (Phi) is 3.83. The van der Waals surface area contributed by atoms with E-state index in [0.29, 0.717) is 0 Å². The third-order valence-electron chi connectivity index (χ3n) is 2.65. The number of benzene rings is 1. The van der Waals surface area contributed by atoms with Crippen LogP contribution in [-0.2, 0) is 4.74 Å². The van der Waals surface area contributed by atoms with Crippen LogP contribution in [0.4, 0.5) is 5.69 Å². The molecule has 0 aliphatic rings. The van der Waals surface area contributed by atoms with Crippen molar-refractivity contribution in [2.24, 2.45) is 0 Å². The Morgan fingerprint density at radius 2 is 2.19 bits per heavy atom. The van der Waals surface area contributed by atoms with E-state index in [1.54, 1.807) is 6.92 Å². The maximum Gasteiger partial charge on any atom is 0.362 e. The number of carbonyl (C=O) groups is 1. The van der Waals surface area contributed by atoms with E-state index in [1.807, 2.05) is 0 Å². The molecule has 2 rings (SSSR count). The Bertz CT molecular complexity index is 782. The van der Waals surface area contributed by atoms with Gasteiger partial charge in [0.25, 0.3) is 5.56 Å². The van der Waals surface area contributed by atoms with E-state index in [4.69, 9.17) is 4.74 Å². The van der Waals surface area contributed by atoms with Crippen LogP contribution in [0.2, 0.25) is 0 Å². The summed E-state index contributed by atoms with van der Waals surface area (Å²) in [6.45, 7) is 1.63. The minimum absolute atomic E-state index is 0.0582. The largest absolute Gasteiger partial charge is 0.496 e. The summed E-state index contributed by atoms with van der Waals surface area (Å²) in [4.78, 5) is 40.0. The molecular formula is C12H11N3O6. The zero-order valence-corrected chi connectivity index (χ0v) is 11.2. The molecule has 1 N–H and O–H groups in total. The molecular weight excluding hydrogens is 282 g/mol. The second-order valence-electron chi connectivity index (χ2n) is 3.93. The first-order valence-electron chi connectivity index (χ1n) is 5.91. The Morgan fingerprint density at radius 1 is 1.48 bits per heavy atom. The molecule has 1 aromatic heterocycles. The molecule has 1 heterocycles. The Hall–Kier alpha value is -2.97. The molecule has 0 amide bonds. The number of nitrogens with zero attached hydrogens (tertiary/aromatic N) is 2. The molecule has 0 saturated carbocycles. The molecule has 0 saturated heterocycles. The Balaban J connectivity index is 2.76. The van der Waals surface area contributed by atoms with Crippen LogP contribution in [0.25, 0.3) is 11.0 Å². The predicted octanol–water partition coefficient (Wildman–Crippen LogP) is 1.02. The van der Waals surface area contributed by atoms with Crippen LogP contribution in [-0.4, -0.2) is 34.6 Å². The highest BCUT2D eigenvalue weighted by atomic mass is 16.6. The van der Waals surface area contributed by atoms with Crippen molar-refractivity contribution >= 4 is 22.7 Å². The number of aromatic nitrogens is 2. The van der Waals surface area contributed by atoms with Crippen LogP contribution in [0, 0.1) is 10.1 Å². The summed E-state index contributed by atoms with van der Waals surface area (Å²) in [6, 6.07) is 2.54. The number of nitro benzene ring substituents is 1. The molecule has 110 valence electrons.